The van der Waals surface area contributed by atoms with Crippen molar-refractivity contribution in [3.05, 3.63) is 11.6 Å². The molecule has 2 fully saturated rings. The fourth-order valence-electron chi connectivity index (χ4n) is 3.28. The zero-order valence-corrected chi connectivity index (χ0v) is 11.2. The number of hydrogen-bond donors (Lipinski definition) is 1. The second kappa shape index (κ2) is 4.31. The molecule has 0 amide bonds. The van der Waals surface area contributed by atoms with E-state index in [2.05, 4.69) is 21.7 Å². The van der Waals surface area contributed by atoms with Crippen LogP contribution in [-0.2, 0) is 10.2 Å². The van der Waals surface area contributed by atoms with E-state index in [-0.39, 0.29) is 11.5 Å². The van der Waals surface area contributed by atoms with Gasteiger partial charge in [0, 0.05) is 12.1 Å². The van der Waals surface area contributed by atoms with E-state index in [1.165, 1.54) is 25.7 Å². The fraction of sp³-hybridized carbons (Fsp3) is 0.846. The van der Waals surface area contributed by atoms with Gasteiger partial charge in [0.05, 0.1) is 18.6 Å². The highest BCUT2D eigenvalue weighted by Crippen LogP contribution is 2.37. The molecule has 1 aromatic rings. The SMILES string of the molecule is Cc1nnc(C2(C)COCC2N)n1C1CCCC1. The summed E-state index contributed by atoms with van der Waals surface area (Å²) in [5.41, 5.74) is 6.03. The van der Waals surface area contributed by atoms with Gasteiger partial charge in [0.25, 0.3) is 0 Å². The molecule has 0 aromatic carbocycles. The molecule has 2 unspecified atom stereocenters. The van der Waals surface area contributed by atoms with E-state index in [0.717, 1.165) is 11.6 Å². The van der Waals surface area contributed by atoms with Gasteiger partial charge >= 0.3 is 0 Å². The molecule has 0 bridgehead atoms. The summed E-state index contributed by atoms with van der Waals surface area (Å²) in [7, 11) is 0. The van der Waals surface area contributed by atoms with Crippen LogP contribution in [0.25, 0.3) is 0 Å². The summed E-state index contributed by atoms with van der Waals surface area (Å²) in [4.78, 5) is 0. The predicted octanol–water partition coefficient (Wildman–Crippen LogP) is 1.32. The smallest absolute Gasteiger partial charge is 0.143 e. The Morgan fingerprint density at radius 2 is 2.06 bits per heavy atom. The van der Waals surface area contributed by atoms with Gasteiger partial charge in [-0.3, -0.25) is 0 Å². The number of hydrogen-bond acceptors (Lipinski definition) is 4. The summed E-state index contributed by atoms with van der Waals surface area (Å²) in [6, 6.07) is 0.570. The lowest BCUT2D eigenvalue weighted by atomic mass is 9.84. The zero-order valence-electron chi connectivity index (χ0n) is 11.2. The lowest BCUT2D eigenvalue weighted by Gasteiger charge is -2.28. The van der Waals surface area contributed by atoms with Gasteiger partial charge in [-0.2, -0.15) is 0 Å². The summed E-state index contributed by atoms with van der Waals surface area (Å²) in [6.45, 7) is 5.46. The molecule has 2 N–H and O–H groups in total. The normalized spacial score (nSPS) is 33.4. The van der Waals surface area contributed by atoms with Crippen molar-refractivity contribution in [2.24, 2.45) is 5.73 Å². The Kier molecular flexibility index (Phi) is 2.90. The minimum absolute atomic E-state index is 0.0150. The van der Waals surface area contributed by atoms with Crippen LogP contribution in [0.2, 0.25) is 0 Å². The van der Waals surface area contributed by atoms with E-state index in [1.54, 1.807) is 0 Å². The minimum Gasteiger partial charge on any atom is -0.379 e. The standard InChI is InChI=1S/C13H22N4O/c1-9-15-16-12(13(2)8-18-7-11(13)14)17(9)10-5-3-4-6-10/h10-11H,3-8,14H2,1-2H3. The third kappa shape index (κ3) is 1.68. The first kappa shape index (κ1) is 12.1. The molecule has 5 heteroatoms. The van der Waals surface area contributed by atoms with E-state index in [1.807, 2.05) is 6.92 Å². The van der Waals surface area contributed by atoms with Gasteiger partial charge in [0.15, 0.2) is 0 Å². The van der Waals surface area contributed by atoms with Crippen molar-refractivity contribution in [3.8, 4) is 0 Å². The van der Waals surface area contributed by atoms with Gasteiger partial charge in [-0.1, -0.05) is 12.8 Å². The van der Waals surface area contributed by atoms with Crippen LogP contribution in [0.1, 0.15) is 50.3 Å². The number of nitrogens with two attached hydrogens (primary N) is 1. The van der Waals surface area contributed by atoms with E-state index >= 15 is 0 Å². The molecule has 0 radical (unpaired) electrons. The number of rotatable bonds is 2. The van der Waals surface area contributed by atoms with Crippen LogP contribution in [0, 0.1) is 6.92 Å². The molecule has 1 aliphatic heterocycles. The molecule has 1 saturated carbocycles. The maximum Gasteiger partial charge on any atom is 0.143 e. The number of nitrogens with zero attached hydrogens (tertiary/aromatic N) is 3. The second-order valence-electron chi connectivity index (χ2n) is 5.92. The van der Waals surface area contributed by atoms with Gasteiger partial charge in [-0.15, -0.1) is 10.2 Å². The molecule has 5 nitrogen and oxygen atoms in total. The molecule has 0 spiro atoms. The van der Waals surface area contributed by atoms with Gasteiger partial charge in [0.2, 0.25) is 0 Å². The average molecular weight is 250 g/mol. The number of aryl methyl sites for hydroxylation is 1. The van der Waals surface area contributed by atoms with Crippen molar-refractivity contribution >= 4 is 0 Å². The third-order valence-corrected chi connectivity index (χ3v) is 4.58. The van der Waals surface area contributed by atoms with E-state index in [9.17, 15) is 0 Å². The van der Waals surface area contributed by atoms with Crippen molar-refractivity contribution in [1.29, 1.82) is 0 Å². The highest BCUT2D eigenvalue weighted by molar-refractivity contribution is 5.17. The maximum absolute atomic E-state index is 6.22. The van der Waals surface area contributed by atoms with Gasteiger partial charge in [-0.05, 0) is 26.7 Å². The first-order valence-corrected chi connectivity index (χ1v) is 6.88. The van der Waals surface area contributed by atoms with Crippen LogP contribution in [0.15, 0.2) is 0 Å². The zero-order chi connectivity index (χ0) is 12.8. The van der Waals surface area contributed by atoms with Crippen LogP contribution in [0.5, 0.6) is 0 Å². The molecular formula is C13H22N4O. The predicted molar refractivity (Wildman–Crippen MR) is 68.4 cm³/mol. The molecule has 1 aliphatic carbocycles. The summed E-state index contributed by atoms with van der Waals surface area (Å²) in [5.74, 6) is 2.04. The Hall–Kier alpha value is -0.940. The molecule has 18 heavy (non-hydrogen) atoms. The van der Waals surface area contributed by atoms with Gasteiger partial charge in [-0.25, -0.2) is 0 Å². The van der Waals surface area contributed by atoms with Gasteiger partial charge in [0.1, 0.15) is 11.6 Å². The Morgan fingerprint density at radius 3 is 2.67 bits per heavy atom. The molecule has 2 atom stereocenters. The van der Waals surface area contributed by atoms with Crippen LogP contribution in [0.3, 0.4) is 0 Å². The summed E-state index contributed by atoms with van der Waals surface area (Å²) < 4.78 is 7.87. The molecule has 100 valence electrons. The largest absolute Gasteiger partial charge is 0.379 e. The molecule has 2 aliphatic rings. The highest BCUT2D eigenvalue weighted by atomic mass is 16.5. The topological polar surface area (TPSA) is 66.0 Å². The number of ether oxygens (including phenoxy) is 1. The van der Waals surface area contributed by atoms with E-state index < -0.39 is 0 Å². The van der Waals surface area contributed by atoms with Crippen molar-refractivity contribution < 1.29 is 4.74 Å². The minimum atomic E-state index is -0.191. The quantitative estimate of drug-likeness (QED) is 0.859. The van der Waals surface area contributed by atoms with E-state index in [4.69, 9.17) is 10.5 Å². The molecule has 2 heterocycles. The Morgan fingerprint density at radius 1 is 1.33 bits per heavy atom. The monoisotopic (exact) mass is 250 g/mol. The van der Waals surface area contributed by atoms with Crippen LogP contribution >= 0.6 is 0 Å². The summed E-state index contributed by atoms with van der Waals surface area (Å²) in [5, 5.41) is 8.70. The van der Waals surface area contributed by atoms with Crippen LogP contribution in [-0.4, -0.2) is 34.0 Å². The third-order valence-electron chi connectivity index (χ3n) is 4.58. The van der Waals surface area contributed by atoms with E-state index in [0.29, 0.717) is 19.3 Å². The Bertz CT molecular complexity index is 438. The Labute approximate surface area is 108 Å². The molecule has 1 saturated heterocycles. The van der Waals surface area contributed by atoms with Crippen LogP contribution < -0.4 is 5.73 Å². The van der Waals surface area contributed by atoms with Gasteiger partial charge < -0.3 is 15.0 Å². The average Bonchev–Trinajstić information content (AvgIpc) is 3.01. The lowest BCUT2D eigenvalue weighted by Crippen LogP contribution is -2.44. The second-order valence-corrected chi connectivity index (χ2v) is 5.92. The first-order chi connectivity index (χ1) is 8.63. The van der Waals surface area contributed by atoms with Crippen molar-refractivity contribution in [2.45, 2.75) is 57.0 Å². The first-order valence-electron chi connectivity index (χ1n) is 6.88. The highest BCUT2D eigenvalue weighted by Gasteiger charge is 2.44. The maximum atomic E-state index is 6.22. The lowest BCUT2D eigenvalue weighted by molar-refractivity contribution is 0.176. The molecule has 3 rings (SSSR count). The van der Waals surface area contributed by atoms with Crippen molar-refractivity contribution in [2.75, 3.05) is 13.2 Å². The van der Waals surface area contributed by atoms with Crippen LogP contribution in [0.4, 0.5) is 0 Å². The number of aromatic nitrogens is 3. The summed E-state index contributed by atoms with van der Waals surface area (Å²) in [6.07, 6.45) is 5.08. The Balaban J connectivity index is 2.01. The van der Waals surface area contributed by atoms with Crippen molar-refractivity contribution in [1.82, 2.24) is 14.8 Å². The fourth-order valence-corrected chi connectivity index (χ4v) is 3.28. The van der Waals surface area contributed by atoms with Crippen molar-refractivity contribution in [3.63, 3.8) is 0 Å². The molecule has 1 aromatic heterocycles. The summed E-state index contributed by atoms with van der Waals surface area (Å²) >= 11 is 0. The molecular weight excluding hydrogens is 228 g/mol.